The second-order valence-electron chi connectivity index (χ2n) is 7.46. The van der Waals surface area contributed by atoms with Crippen LogP contribution in [0.4, 0.5) is 0 Å². The van der Waals surface area contributed by atoms with Crippen molar-refractivity contribution in [3.05, 3.63) is 30.5 Å². The maximum Gasteiger partial charge on any atom is 0.0948 e. The number of aromatic nitrogens is 4. The van der Waals surface area contributed by atoms with E-state index in [2.05, 4.69) is 53.9 Å². The Hall–Kier alpha value is -1.75. The molecule has 0 spiro atoms. The first-order valence-corrected chi connectivity index (χ1v) is 9.13. The summed E-state index contributed by atoms with van der Waals surface area (Å²) in [5.74, 6) is 0.664. The van der Waals surface area contributed by atoms with Crippen LogP contribution < -0.4 is 0 Å². The van der Waals surface area contributed by atoms with Gasteiger partial charge in [0.15, 0.2) is 0 Å². The predicted molar refractivity (Wildman–Crippen MR) is 96.8 cm³/mol. The molecule has 5 nitrogen and oxygen atoms in total. The lowest BCUT2D eigenvalue weighted by atomic mass is 9.91. The first-order valence-electron chi connectivity index (χ1n) is 9.13. The minimum atomic E-state index is 0.358. The van der Waals surface area contributed by atoms with Crippen molar-refractivity contribution in [1.82, 2.24) is 24.6 Å². The fourth-order valence-electron chi connectivity index (χ4n) is 3.51. The Balaban J connectivity index is 1.79. The highest BCUT2D eigenvalue weighted by Crippen LogP contribution is 2.26. The van der Waals surface area contributed by atoms with Gasteiger partial charge in [-0.2, -0.15) is 5.10 Å². The molecule has 1 fully saturated rings. The zero-order valence-electron chi connectivity index (χ0n) is 15.3. The number of likely N-dealkylation sites (tertiary alicyclic amines) is 1. The standard InChI is InChI=1S/C19H29N5/c1-14(2)23-9-5-6-16(12-23)10-18-19(21-8-7-20-18)17-11-22-24(13-17)15(3)4/h7-8,11,13-16H,5-6,9-10,12H2,1-4H3/t16-/m0/s1. The van der Waals surface area contributed by atoms with Crippen LogP contribution in [0.1, 0.15) is 52.3 Å². The Kier molecular flexibility index (Phi) is 5.29. The van der Waals surface area contributed by atoms with Crippen LogP contribution in [0.25, 0.3) is 11.3 Å². The summed E-state index contributed by atoms with van der Waals surface area (Å²) in [6.07, 6.45) is 11.2. The van der Waals surface area contributed by atoms with Gasteiger partial charge in [0.2, 0.25) is 0 Å². The van der Waals surface area contributed by atoms with Crippen molar-refractivity contribution in [2.45, 2.75) is 59.0 Å². The fourth-order valence-corrected chi connectivity index (χ4v) is 3.51. The molecule has 0 unspecified atom stereocenters. The van der Waals surface area contributed by atoms with Gasteiger partial charge in [-0.15, -0.1) is 0 Å². The Morgan fingerprint density at radius 3 is 2.62 bits per heavy atom. The van der Waals surface area contributed by atoms with Gasteiger partial charge in [-0.3, -0.25) is 14.6 Å². The van der Waals surface area contributed by atoms with Crippen LogP contribution in [0, 0.1) is 5.92 Å². The van der Waals surface area contributed by atoms with E-state index in [0.717, 1.165) is 23.4 Å². The zero-order chi connectivity index (χ0) is 17.1. The maximum absolute atomic E-state index is 4.66. The molecule has 2 aromatic rings. The third-order valence-electron chi connectivity index (χ3n) is 4.94. The van der Waals surface area contributed by atoms with Gasteiger partial charge in [-0.05, 0) is 59.4 Å². The van der Waals surface area contributed by atoms with E-state index in [0.29, 0.717) is 18.0 Å². The summed E-state index contributed by atoms with van der Waals surface area (Å²) in [7, 11) is 0. The van der Waals surface area contributed by atoms with E-state index in [9.17, 15) is 0 Å². The van der Waals surface area contributed by atoms with Gasteiger partial charge in [0.25, 0.3) is 0 Å². The molecule has 24 heavy (non-hydrogen) atoms. The first-order chi connectivity index (χ1) is 11.5. The van der Waals surface area contributed by atoms with Crippen molar-refractivity contribution in [3.8, 4) is 11.3 Å². The lowest BCUT2D eigenvalue weighted by Crippen LogP contribution is -2.40. The molecule has 3 rings (SSSR count). The Bertz CT molecular complexity index is 661. The van der Waals surface area contributed by atoms with E-state index in [-0.39, 0.29) is 0 Å². The normalized spacial score (nSPS) is 19.3. The van der Waals surface area contributed by atoms with Crippen LogP contribution in [0.5, 0.6) is 0 Å². The number of rotatable bonds is 5. The summed E-state index contributed by atoms with van der Waals surface area (Å²) in [4.78, 5) is 11.9. The van der Waals surface area contributed by atoms with Crippen LogP contribution >= 0.6 is 0 Å². The topological polar surface area (TPSA) is 46.8 Å². The third-order valence-corrected chi connectivity index (χ3v) is 4.94. The molecule has 0 aromatic carbocycles. The SMILES string of the molecule is CC(C)N1CCC[C@@H](Cc2nccnc2-c2cnn(C(C)C)c2)C1. The van der Waals surface area contributed by atoms with E-state index in [1.807, 2.05) is 17.1 Å². The summed E-state index contributed by atoms with van der Waals surface area (Å²) in [5, 5.41) is 4.46. The smallest absolute Gasteiger partial charge is 0.0948 e. The number of piperidine rings is 1. The van der Waals surface area contributed by atoms with E-state index in [1.165, 1.54) is 25.9 Å². The molecule has 0 aliphatic carbocycles. The molecule has 3 heterocycles. The second kappa shape index (κ2) is 7.43. The van der Waals surface area contributed by atoms with Crippen molar-refractivity contribution in [3.63, 3.8) is 0 Å². The van der Waals surface area contributed by atoms with Gasteiger partial charge >= 0.3 is 0 Å². The molecular weight excluding hydrogens is 298 g/mol. The fraction of sp³-hybridized carbons (Fsp3) is 0.632. The van der Waals surface area contributed by atoms with Crippen LogP contribution in [0.3, 0.4) is 0 Å². The lowest BCUT2D eigenvalue weighted by molar-refractivity contribution is 0.139. The average Bonchev–Trinajstić information content (AvgIpc) is 3.06. The highest BCUT2D eigenvalue weighted by atomic mass is 15.3. The van der Waals surface area contributed by atoms with Crippen LogP contribution in [0.15, 0.2) is 24.8 Å². The minimum Gasteiger partial charge on any atom is -0.301 e. The third kappa shape index (κ3) is 3.83. The molecule has 2 aromatic heterocycles. The molecular formula is C19H29N5. The largest absolute Gasteiger partial charge is 0.301 e. The molecule has 0 saturated carbocycles. The van der Waals surface area contributed by atoms with E-state index < -0.39 is 0 Å². The molecule has 1 aliphatic rings. The highest BCUT2D eigenvalue weighted by molar-refractivity contribution is 5.59. The van der Waals surface area contributed by atoms with Crippen LogP contribution in [-0.4, -0.2) is 43.8 Å². The zero-order valence-corrected chi connectivity index (χ0v) is 15.3. The van der Waals surface area contributed by atoms with Crippen molar-refractivity contribution in [1.29, 1.82) is 0 Å². The molecule has 0 N–H and O–H groups in total. The first kappa shape index (κ1) is 17.1. The summed E-state index contributed by atoms with van der Waals surface area (Å²) in [6, 6.07) is 0.982. The second-order valence-corrected chi connectivity index (χ2v) is 7.46. The van der Waals surface area contributed by atoms with Crippen LogP contribution in [-0.2, 0) is 6.42 Å². The number of nitrogens with zero attached hydrogens (tertiary/aromatic N) is 5. The average molecular weight is 327 g/mol. The molecule has 0 amide bonds. The lowest BCUT2D eigenvalue weighted by Gasteiger charge is -2.35. The van der Waals surface area contributed by atoms with Gasteiger partial charge in [-0.25, -0.2) is 0 Å². The number of hydrogen-bond donors (Lipinski definition) is 0. The minimum absolute atomic E-state index is 0.358. The van der Waals surface area contributed by atoms with Gasteiger partial charge in [0.1, 0.15) is 0 Å². The van der Waals surface area contributed by atoms with E-state index in [4.69, 9.17) is 0 Å². The monoisotopic (exact) mass is 327 g/mol. The summed E-state index contributed by atoms with van der Waals surface area (Å²) in [5.41, 5.74) is 3.17. The van der Waals surface area contributed by atoms with E-state index >= 15 is 0 Å². The van der Waals surface area contributed by atoms with Crippen molar-refractivity contribution < 1.29 is 0 Å². The summed E-state index contributed by atoms with van der Waals surface area (Å²) < 4.78 is 1.98. The van der Waals surface area contributed by atoms with Gasteiger partial charge in [0.05, 0.1) is 17.6 Å². The molecule has 130 valence electrons. The van der Waals surface area contributed by atoms with E-state index in [1.54, 1.807) is 6.20 Å². The number of hydrogen-bond acceptors (Lipinski definition) is 4. The summed E-state index contributed by atoms with van der Waals surface area (Å²) in [6.45, 7) is 11.2. The highest BCUT2D eigenvalue weighted by Gasteiger charge is 2.23. The molecule has 5 heteroatoms. The Morgan fingerprint density at radius 2 is 1.92 bits per heavy atom. The quantitative estimate of drug-likeness (QED) is 0.842. The molecule has 1 aliphatic heterocycles. The molecule has 1 saturated heterocycles. The Labute approximate surface area is 145 Å². The van der Waals surface area contributed by atoms with Crippen molar-refractivity contribution >= 4 is 0 Å². The van der Waals surface area contributed by atoms with Gasteiger partial charge < -0.3 is 4.90 Å². The van der Waals surface area contributed by atoms with Gasteiger partial charge in [0, 0.05) is 42.8 Å². The predicted octanol–water partition coefficient (Wildman–Crippen LogP) is 3.58. The van der Waals surface area contributed by atoms with Crippen LogP contribution in [0.2, 0.25) is 0 Å². The van der Waals surface area contributed by atoms with Gasteiger partial charge in [-0.1, -0.05) is 0 Å². The van der Waals surface area contributed by atoms with Crippen molar-refractivity contribution in [2.24, 2.45) is 5.92 Å². The Morgan fingerprint density at radius 1 is 1.12 bits per heavy atom. The molecule has 0 bridgehead atoms. The maximum atomic E-state index is 4.66. The van der Waals surface area contributed by atoms with Crippen molar-refractivity contribution in [2.75, 3.05) is 13.1 Å². The molecule has 0 radical (unpaired) electrons. The summed E-state index contributed by atoms with van der Waals surface area (Å²) >= 11 is 0. The molecule has 1 atom stereocenters.